The van der Waals surface area contributed by atoms with Crippen molar-refractivity contribution in [3.8, 4) is 45.6 Å². The van der Waals surface area contributed by atoms with Crippen molar-refractivity contribution in [2.75, 3.05) is 4.90 Å². The number of para-hydroxylation sites is 5. The summed E-state index contributed by atoms with van der Waals surface area (Å²) >= 11 is 0. The van der Waals surface area contributed by atoms with Crippen molar-refractivity contribution in [1.29, 1.82) is 0 Å². The second kappa shape index (κ2) is 8.54. The lowest BCUT2D eigenvalue weighted by Crippen LogP contribution is -2.57. The Balaban J connectivity index is 1.21. The van der Waals surface area contributed by atoms with Crippen molar-refractivity contribution in [3.63, 3.8) is 0 Å². The molecule has 41 heavy (non-hydrogen) atoms. The van der Waals surface area contributed by atoms with Gasteiger partial charge in [0.15, 0.2) is 11.5 Å². The van der Waals surface area contributed by atoms with Gasteiger partial charge in [-0.3, -0.25) is 0 Å². The number of ether oxygens (including phenoxy) is 3. The number of fused-ring (bicyclic) bond motifs is 6. The Kier molecular flexibility index (Phi) is 4.67. The zero-order chi connectivity index (χ0) is 26.9. The lowest BCUT2D eigenvalue weighted by Gasteiger charge is -2.34. The van der Waals surface area contributed by atoms with Crippen LogP contribution in [0.25, 0.3) is 11.1 Å². The van der Waals surface area contributed by atoms with Crippen LogP contribution in [0.4, 0.5) is 17.1 Å². The van der Waals surface area contributed by atoms with Crippen LogP contribution in [-0.2, 0) is 0 Å². The number of nitrogens with zero attached hydrogens (tertiary/aromatic N) is 1. The fraction of sp³-hybridized carbons (Fsp3) is 0. The highest BCUT2D eigenvalue weighted by Gasteiger charge is 2.40. The lowest BCUT2D eigenvalue weighted by atomic mass is 9.35. The highest BCUT2D eigenvalue weighted by Crippen LogP contribution is 2.53. The summed E-state index contributed by atoms with van der Waals surface area (Å²) < 4.78 is 19.5. The van der Waals surface area contributed by atoms with Gasteiger partial charge in [0.2, 0.25) is 0 Å². The minimum atomic E-state index is 0.0466. The molecule has 6 aromatic carbocycles. The quantitative estimate of drug-likeness (QED) is 0.216. The molecule has 3 aliphatic rings. The van der Waals surface area contributed by atoms with Gasteiger partial charge >= 0.3 is 0 Å². The van der Waals surface area contributed by atoms with Gasteiger partial charge in [0.1, 0.15) is 23.0 Å². The van der Waals surface area contributed by atoms with Gasteiger partial charge in [-0.05, 0) is 71.1 Å². The molecule has 0 amide bonds. The molecule has 3 aliphatic heterocycles. The van der Waals surface area contributed by atoms with E-state index in [1.54, 1.807) is 0 Å². The predicted octanol–water partition coefficient (Wildman–Crippen LogP) is 7.66. The molecule has 9 rings (SSSR count). The molecule has 0 bridgehead atoms. The Bertz CT molecular complexity index is 2010. The third kappa shape index (κ3) is 3.29. The van der Waals surface area contributed by atoms with E-state index in [4.69, 9.17) is 14.2 Å². The maximum atomic E-state index is 6.63. The molecule has 0 aliphatic carbocycles. The summed E-state index contributed by atoms with van der Waals surface area (Å²) in [5.41, 5.74) is 8.51. The van der Waals surface area contributed by atoms with E-state index in [0.717, 1.165) is 79.1 Å². The van der Waals surface area contributed by atoms with Gasteiger partial charge in [-0.2, -0.15) is 0 Å². The largest absolute Gasteiger partial charge is 0.458 e. The van der Waals surface area contributed by atoms with Gasteiger partial charge in [-0.1, -0.05) is 78.9 Å². The van der Waals surface area contributed by atoms with Crippen LogP contribution in [0, 0.1) is 0 Å². The summed E-state index contributed by atoms with van der Waals surface area (Å²) in [7, 11) is 0. The smallest absolute Gasteiger partial charge is 0.260 e. The fourth-order valence-corrected chi connectivity index (χ4v) is 6.40. The topological polar surface area (TPSA) is 30.9 Å². The molecule has 6 aromatic rings. The lowest BCUT2D eigenvalue weighted by molar-refractivity contribution is 0.464. The van der Waals surface area contributed by atoms with E-state index in [-0.39, 0.29) is 6.71 Å². The zero-order valence-electron chi connectivity index (χ0n) is 22.0. The van der Waals surface area contributed by atoms with Crippen molar-refractivity contribution in [2.24, 2.45) is 0 Å². The molecule has 0 spiro atoms. The van der Waals surface area contributed by atoms with Crippen molar-refractivity contribution in [1.82, 2.24) is 0 Å². The van der Waals surface area contributed by atoms with Crippen molar-refractivity contribution in [2.45, 2.75) is 0 Å². The molecule has 5 heteroatoms. The van der Waals surface area contributed by atoms with Gasteiger partial charge in [0, 0.05) is 16.7 Å². The molecule has 0 N–H and O–H groups in total. The normalized spacial score (nSPS) is 13.4. The molecule has 0 aromatic heterocycles. The van der Waals surface area contributed by atoms with Crippen LogP contribution < -0.4 is 35.5 Å². The maximum Gasteiger partial charge on any atom is 0.260 e. The van der Waals surface area contributed by atoms with Crippen LogP contribution in [0.15, 0.2) is 133 Å². The van der Waals surface area contributed by atoms with Gasteiger partial charge < -0.3 is 19.1 Å². The Hall–Kier alpha value is -5.42. The molecule has 192 valence electrons. The number of rotatable bonds is 2. The summed E-state index contributed by atoms with van der Waals surface area (Å²) in [6, 6.07) is 45.8. The van der Waals surface area contributed by atoms with Gasteiger partial charge in [0.05, 0.1) is 11.4 Å². The summed E-state index contributed by atoms with van der Waals surface area (Å²) in [5.74, 6) is 5.08. The molecule has 0 saturated heterocycles. The van der Waals surface area contributed by atoms with E-state index >= 15 is 0 Å². The third-order valence-electron chi connectivity index (χ3n) is 8.19. The standard InChI is InChI=1S/C36H22BNO3/c1-2-10-24(11-3-1)38-28-14-5-7-17-31(28)41-36-25(12-8-15-29(36)38)23-20-21-27-34(22-23)40-33-19-9-18-32-35(33)37(27)26-13-4-6-16-30(26)39-32/h1-22H. The Morgan fingerprint density at radius 2 is 1.12 bits per heavy atom. The minimum Gasteiger partial charge on any atom is -0.458 e. The highest BCUT2D eigenvalue weighted by molar-refractivity contribution is 6.98. The molecule has 0 unspecified atom stereocenters. The van der Waals surface area contributed by atoms with Crippen LogP contribution in [0.5, 0.6) is 34.5 Å². The summed E-state index contributed by atoms with van der Waals surface area (Å²) in [6.07, 6.45) is 0. The Morgan fingerprint density at radius 1 is 0.463 bits per heavy atom. The average molecular weight is 527 g/mol. The van der Waals surface area contributed by atoms with E-state index in [1.165, 1.54) is 0 Å². The highest BCUT2D eigenvalue weighted by atomic mass is 16.5. The number of benzene rings is 6. The number of hydrogen-bond acceptors (Lipinski definition) is 4. The zero-order valence-corrected chi connectivity index (χ0v) is 22.0. The minimum absolute atomic E-state index is 0.0466. The van der Waals surface area contributed by atoms with Crippen LogP contribution >= 0.6 is 0 Å². The van der Waals surface area contributed by atoms with Crippen molar-refractivity contribution < 1.29 is 14.2 Å². The van der Waals surface area contributed by atoms with E-state index in [0.29, 0.717) is 0 Å². The second-order valence-corrected chi connectivity index (χ2v) is 10.5. The Morgan fingerprint density at radius 3 is 2.00 bits per heavy atom. The molecular formula is C36H22BNO3. The van der Waals surface area contributed by atoms with E-state index < -0.39 is 0 Å². The molecular weight excluding hydrogens is 505 g/mol. The first-order valence-corrected chi connectivity index (χ1v) is 13.8. The molecule has 4 nitrogen and oxygen atoms in total. The molecule has 0 fully saturated rings. The first-order valence-electron chi connectivity index (χ1n) is 13.8. The maximum absolute atomic E-state index is 6.63. The first kappa shape index (κ1) is 22.4. The molecule has 0 radical (unpaired) electrons. The van der Waals surface area contributed by atoms with Crippen LogP contribution in [0.3, 0.4) is 0 Å². The van der Waals surface area contributed by atoms with Crippen LogP contribution in [0.2, 0.25) is 0 Å². The Labute approximate surface area is 238 Å². The van der Waals surface area contributed by atoms with E-state index in [1.807, 2.05) is 54.6 Å². The number of hydrogen-bond donors (Lipinski definition) is 0. The van der Waals surface area contributed by atoms with Crippen molar-refractivity contribution >= 4 is 40.2 Å². The van der Waals surface area contributed by atoms with Crippen LogP contribution in [-0.4, -0.2) is 6.71 Å². The second-order valence-electron chi connectivity index (χ2n) is 10.5. The molecule has 3 heterocycles. The summed E-state index contributed by atoms with van der Waals surface area (Å²) in [4.78, 5) is 2.27. The summed E-state index contributed by atoms with van der Waals surface area (Å²) in [5, 5.41) is 0. The fourth-order valence-electron chi connectivity index (χ4n) is 6.40. The number of anilines is 3. The van der Waals surface area contributed by atoms with Gasteiger partial charge in [-0.25, -0.2) is 0 Å². The third-order valence-corrected chi connectivity index (χ3v) is 8.19. The predicted molar refractivity (Wildman–Crippen MR) is 164 cm³/mol. The molecule has 0 saturated carbocycles. The monoisotopic (exact) mass is 527 g/mol. The van der Waals surface area contributed by atoms with Gasteiger partial charge in [0.25, 0.3) is 6.71 Å². The van der Waals surface area contributed by atoms with E-state index in [2.05, 4.69) is 83.8 Å². The van der Waals surface area contributed by atoms with E-state index in [9.17, 15) is 0 Å². The average Bonchev–Trinajstić information content (AvgIpc) is 3.03. The SMILES string of the molecule is c1ccc(N2c3ccccc3Oc3c(-c4ccc5c(c4)Oc4cccc6c4B5c4ccccc4O6)cccc32)cc1. The van der Waals surface area contributed by atoms with Gasteiger partial charge in [-0.15, -0.1) is 0 Å². The first-order chi connectivity index (χ1) is 20.3. The van der Waals surface area contributed by atoms with Crippen molar-refractivity contribution in [3.05, 3.63) is 133 Å². The molecule has 0 atom stereocenters. The van der Waals surface area contributed by atoms with Crippen LogP contribution in [0.1, 0.15) is 0 Å². The summed E-state index contributed by atoms with van der Waals surface area (Å²) in [6.45, 7) is 0.0466.